The van der Waals surface area contributed by atoms with Gasteiger partial charge in [0.15, 0.2) is 17.4 Å². The van der Waals surface area contributed by atoms with E-state index in [2.05, 4.69) is 10.2 Å². The molecule has 1 saturated heterocycles. The minimum Gasteiger partial charge on any atom is -0.451 e. The van der Waals surface area contributed by atoms with Gasteiger partial charge in [0.2, 0.25) is 15.9 Å². The van der Waals surface area contributed by atoms with Gasteiger partial charge in [-0.2, -0.15) is 10.2 Å². The smallest absolute Gasteiger partial charge is 0.344 e. The lowest BCUT2D eigenvalue weighted by atomic mass is 10.2. The predicted octanol–water partition coefficient (Wildman–Crippen LogP) is 1.25. The predicted molar refractivity (Wildman–Crippen MR) is 116 cm³/mol. The zero-order valence-corrected chi connectivity index (χ0v) is 19.4. The molecule has 0 aromatic heterocycles. The number of benzene rings is 2. The summed E-state index contributed by atoms with van der Waals surface area (Å²) in [4.78, 5) is 28.9. The summed E-state index contributed by atoms with van der Waals surface area (Å²) in [7, 11) is -3.14. The second-order valence-electron chi connectivity index (χ2n) is 7.25. The Morgan fingerprint density at radius 2 is 1.79 bits per heavy atom. The van der Waals surface area contributed by atoms with Gasteiger partial charge in [-0.15, -0.1) is 0 Å². The summed E-state index contributed by atoms with van der Waals surface area (Å²) in [6.07, 6.45) is 0. The Kier molecular flexibility index (Phi) is 8.05. The fourth-order valence-corrected chi connectivity index (χ4v) is 5.06. The molecule has 0 aliphatic carbocycles. The minimum atomic E-state index is -4.57. The van der Waals surface area contributed by atoms with Crippen molar-refractivity contribution in [2.24, 2.45) is 5.90 Å². The summed E-state index contributed by atoms with van der Waals surface area (Å²) < 4.78 is 61.7. The third kappa shape index (κ3) is 5.62. The van der Waals surface area contributed by atoms with Gasteiger partial charge in [0.1, 0.15) is 11.8 Å². The van der Waals surface area contributed by atoms with E-state index in [1.807, 2.05) is 0 Å². The molecule has 184 valence electrons. The number of nitrogens with one attached hydrogen (secondary N) is 1. The van der Waals surface area contributed by atoms with Crippen LogP contribution in [0.25, 0.3) is 0 Å². The zero-order chi connectivity index (χ0) is 25.0. The lowest BCUT2D eigenvalue weighted by Gasteiger charge is -2.38. The maximum Gasteiger partial charge on any atom is 0.344 e. The van der Waals surface area contributed by atoms with Crippen LogP contribution in [-0.4, -0.2) is 68.8 Å². The fraction of sp³-hybridized carbons (Fsp3) is 0.300. The summed E-state index contributed by atoms with van der Waals surface area (Å²) >= 11 is 5.77. The molecule has 1 atom stereocenters. The summed E-state index contributed by atoms with van der Waals surface area (Å²) in [6, 6.07) is 5.40. The van der Waals surface area contributed by atoms with Crippen molar-refractivity contribution in [1.82, 2.24) is 14.5 Å². The van der Waals surface area contributed by atoms with Crippen LogP contribution < -0.4 is 16.0 Å². The quantitative estimate of drug-likeness (QED) is 0.524. The Morgan fingerprint density at radius 3 is 2.35 bits per heavy atom. The van der Waals surface area contributed by atoms with Crippen LogP contribution in [0.15, 0.2) is 41.3 Å². The second-order valence-corrected chi connectivity index (χ2v) is 9.58. The number of likely N-dealkylation sites (N-methyl/N-ethyl adjacent to an activating group) is 1. The highest BCUT2D eigenvalue weighted by Gasteiger charge is 2.42. The van der Waals surface area contributed by atoms with Crippen molar-refractivity contribution in [2.45, 2.75) is 10.9 Å². The van der Waals surface area contributed by atoms with Crippen LogP contribution in [0.5, 0.6) is 11.5 Å². The van der Waals surface area contributed by atoms with Crippen LogP contribution in [0, 0.1) is 11.6 Å². The molecular weight excluding hydrogens is 498 g/mol. The van der Waals surface area contributed by atoms with Gasteiger partial charge in [0.25, 0.3) is 0 Å². The first-order valence-corrected chi connectivity index (χ1v) is 11.7. The molecule has 2 aromatic rings. The minimum absolute atomic E-state index is 0.0731. The first-order chi connectivity index (χ1) is 16.1. The van der Waals surface area contributed by atoms with Crippen LogP contribution in [0.3, 0.4) is 0 Å². The molecule has 34 heavy (non-hydrogen) atoms. The Labute approximate surface area is 199 Å². The second kappa shape index (κ2) is 10.6. The van der Waals surface area contributed by atoms with Crippen molar-refractivity contribution in [3.8, 4) is 11.5 Å². The van der Waals surface area contributed by atoms with Gasteiger partial charge in [-0.1, -0.05) is 11.6 Å². The van der Waals surface area contributed by atoms with E-state index < -0.39 is 44.3 Å². The van der Waals surface area contributed by atoms with Crippen molar-refractivity contribution in [1.29, 1.82) is 0 Å². The Hall–Kier alpha value is -2.84. The van der Waals surface area contributed by atoms with E-state index in [1.54, 1.807) is 0 Å². The maximum atomic E-state index is 14.7. The summed E-state index contributed by atoms with van der Waals surface area (Å²) in [6.45, 7) is -0.501. The molecular formula is C20H21ClF2N4O6S. The highest BCUT2D eigenvalue weighted by molar-refractivity contribution is 7.89. The number of nitrogens with zero attached hydrogens (tertiary/aromatic N) is 2. The maximum absolute atomic E-state index is 14.7. The van der Waals surface area contributed by atoms with Crippen molar-refractivity contribution < 1.29 is 36.4 Å². The Bertz CT molecular complexity index is 1160. The number of nitrogens with two attached hydrogens (primary N) is 1. The number of halogens is 3. The van der Waals surface area contributed by atoms with Gasteiger partial charge in [-0.25, -0.2) is 22.0 Å². The lowest BCUT2D eigenvalue weighted by Crippen LogP contribution is -2.59. The third-order valence-corrected chi connectivity index (χ3v) is 7.20. The van der Waals surface area contributed by atoms with Crippen molar-refractivity contribution >= 4 is 33.5 Å². The van der Waals surface area contributed by atoms with Crippen LogP contribution in [0.4, 0.5) is 8.78 Å². The Balaban J connectivity index is 1.89. The normalized spacial score (nSPS) is 17.3. The number of piperazine rings is 1. The molecule has 1 aliphatic heterocycles. The average molecular weight is 519 g/mol. The molecule has 0 unspecified atom stereocenters. The van der Waals surface area contributed by atoms with Crippen LogP contribution >= 0.6 is 11.6 Å². The number of hydrogen-bond donors (Lipinski definition) is 2. The standard InChI is InChI=1S/C20H21ClF2N4O6S/c1-25-18(28)11-26-6-7-27(17(10-26)20(29)33-24)34(30,31)14-8-15(22)19(16(23)9-14)32-13-4-2-12(21)3-5-13/h2-5,8-9,17H,6-7,10-11,24H2,1H3,(H,25,28)/t17-/m1/s1. The van der Waals surface area contributed by atoms with Crippen LogP contribution in [0.2, 0.25) is 5.02 Å². The Morgan fingerprint density at radius 1 is 1.18 bits per heavy atom. The van der Waals surface area contributed by atoms with Gasteiger partial charge in [0.05, 0.1) is 11.4 Å². The number of carbonyl (C=O) groups is 2. The summed E-state index contributed by atoms with van der Waals surface area (Å²) in [5.41, 5.74) is 0. The molecule has 0 spiro atoms. The highest BCUT2D eigenvalue weighted by Crippen LogP contribution is 2.32. The first kappa shape index (κ1) is 25.8. The third-order valence-electron chi connectivity index (χ3n) is 5.06. The van der Waals surface area contributed by atoms with Gasteiger partial charge < -0.3 is 14.9 Å². The zero-order valence-electron chi connectivity index (χ0n) is 17.8. The van der Waals surface area contributed by atoms with Gasteiger partial charge >= 0.3 is 5.97 Å². The largest absolute Gasteiger partial charge is 0.451 e. The first-order valence-electron chi connectivity index (χ1n) is 9.84. The summed E-state index contributed by atoms with van der Waals surface area (Å²) in [5.74, 6) is 0.240. The van der Waals surface area contributed by atoms with Crippen molar-refractivity contribution in [2.75, 3.05) is 33.2 Å². The molecule has 1 aliphatic rings. The molecule has 3 rings (SSSR count). The molecule has 14 heteroatoms. The topological polar surface area (TPSA) is 131 Å². The molecule has 2 aromatic carbocycles. The van der Waals surface area contributed by atoms with E-state index in [-0.39, 0.29) is 37.8 Å². The highest BCUT2D eigenvalue weighted by atomic mass is 35.5. The molecule has 0 radical (unpaired) electrons. The molecule has 10 nitrogen and oxygen atoms in total. The molecule has 0 bridgehead atoms. The van der Waals surface area contributed by atoms with E-state index >= 15 is 0 Å². The fourth-order valence-electron chi connectivity index (χ4n) is 3.35. The van der Waals surface area contributed by atoms with Crippen molar-refractivity contribution in [3.05, 3.63) is 53.1 Å². The lowest BCUT2D eigenvalue weighted by molar-refractivity contribution is -0.151. The summed E-state index contributed by atoms with van der Waals surface area (Å²) in [5, 5.41) is 2.81. The van der Waals surface area contributed by atoms with E-state index in [0.29, 0.717) is 17.2 Å². The molecule has 3 N–H and O–H groups in total. The monoisotopic (exact) mass is 518 g/mol. The molecule has 0 saturated carbocycles. The van der Waals surface area contributed by atoms with Crippen molar-refractivity contribution in [3.63, 3.8) is 0 Å². The number of rotatable bonds is 7. The average Bonchev–Trinajstić information content (AvgIpc) is 2.81. The number of carbonyl (C=O) groups excluding carboxylic acids is 2. The molecule has 1 fully saturated rings. The van der Waals surface area contributed by atoms with E-state index in [9.17, 15) is 26.8 Å². The van der Waals surface area contributed by atoms with Gasteiger partial charge in [-0.05, 0) is 36.4 Å². The van der Waals surface area contributed by atoms with Gasteiger partial charge in [-0.3, -0.25) is 9.69 Å². The SMILES string of the molecule is CNC(=O)CN1CCN(S(=O)(=O)c2cc(F)c(Oc3ccc(Cl)cc3)c(F)c2)[C@@H](C(=O)ON)C1. The van der Waals surface area contributed by atoms with Crippen LogP contribution in [0.1, 0.15) is 0 Å². The van der Waals surface area contributed by atoms with E-state index in [1.165, 1.54) is 36.2 Å². The number of ether oxygens (including phenoxy) is 1. The van der Waals surface area contributed by atoms with Gasteiger partial charge in [0, 0.05) is 31.7 Å². The van der Waals surface area contributed by atoms with E-state index in [4.69, 9.17) is 22.2 Å². The van der Waals surface area contributed by atoms with Crippen LogP contribution in [-0.2, 0) is 24.4 Å². The van der Waals surface area contributed by atoms with E-state index in [0.717, 1.165) is 4.31 Å². The molecule has 1 amide bonds. The number of hydrogen-bond acceptors (Lipinski definition) is 8. The molecule has 1 heterocycles. The number of sulfonamides is 1. The number of amides is 1.